The molecule has 4 nitrogen and oxygen atoms in total. The molecule has 2 heterocycles. The van der Waals surface area contributed by atoms with Gasteiger partial charge < -0.3 is 10.4 Å². The van der Waals surface area contributed by atoms with Crippen molar-refractivity contribution in [2.75, 3.05) is 13.1 Å². The third-order valence-corrected chi connectivity index (χ3v) is 4.02. The Kier molecular flexibility index (Phi) is 3.25. The van der Waals surface area contributed by atoms with Crippen molar-refractivity contribution in [3.05, 3.63) is 16.1 Å². The molecule has 0 aliphatic carbocycles. The highest BCUT2D eigenvalue weighted by atomic mass is 32.1. The first kappa shape index (κ1) is 11.5. The second kappa shape index (κ2) is 4.51. The van der Waals surface area contributed by atoms with Crippen molar-refractivity contribution in [1.29, 1.82) is 0 Å². The molecule has 2 N–H and O–H groups in total. The number of carboxylic acid groups (broad SMARTS) is 1. The SMILES string of the molecule is Cc1nc(CC2(C(=O)O)CCNCC2)cs1. The number of carbonyl (C=O) groups is 1. The van der Waals surface area contributed by atoms with Gasteiger partial charge in [-0.3, -0.25) is 4.79 Å². The van der Waals surface area contributed by atoms with Crippen LogP contribution >= 0.6 is 11.3 Å². The lowest BCUT2D eigenvalue weighted by Crippen LogP contribution is -2.43. The Morgan fingerprint density at radius 2 is 2.31 bits per heavy atom. The highest BCUT2D eigenvalue weighted by molar-refractivity contribution is 7.09. The molecular formula is C11H16N2O2S. The minimum atomic E-state index is -0.681. The normalized spacial score (nSPS) is 19.6. The van der Waals surface area contributed by atoms with E-state index in [1.54, 1.807) is 11.3 Å². The van der Waals surface area contributed by atoms with Gasteiger partial charge in [-0.25, -0.2) is 4.98 Å². The van der Waals surface area contributed by atoms with Crippen molar-refractivity contribution in [2.45, 2.75) is 26.2 Å². The van der Waals surface area contributed by atoms with Gasteiger partial charge in [0.15, 0.2) is 0 Å². The van der Waals surface area contributed by atoms with Crippen LogP contribution in [-0.2, 0) is 11.2 Å². The predicted molar refractivity (Wildman–Crippen MR) is 62.7 cm³/mol. The van der Waals surface area contributed by atoms with Crippen LogP contribution in [0.5, 0.6) is 0 Å². The summed E-state index contributed by atoms with van der Waals surface area (Å²) in [6, 6.07) is 0. The fraction of sp³-hybridized carbons (Fsp3) is 0.636. The van der Waals surface area contributed by atoms with Crippen LogP contribution in [-0.4, -0.2) is 29.1 Å². The molecule has 0 amide bonds. The number of piperidine rings is 1. The average Bonchev–Trinajstić information content (AvgIpc) is 2.65. The molecule has 0 spiro atoms. The van der Waals surface area contributed by atoms with Gasteiger partial charge in [0.1, 0.15) is 0 Å². The predicted octanol–water partition coefficient (Wildman–Crippen LogP) is 1.45. The molecule has 0 saturated carbocycles. The van der Waals surface area contributed by atoms with Gasteiger partial charge in [0.25, 0.3) is 0 Å². The van der Waals surface area contributed by atoms with Gasteiger partial charge in [-0.2, -0.15) is 0 Å². The molecular weight excluding hydrogens is 224 g/mol. The highest BCUT2D eigenvalue weighted by Crippen LogP contribution is 2.33. The number of thiazole rings is 1. The summed E-state index contributed by atoms with van der Waals surface area (Å²) in [5.74, 6) is -0.681. The first-order valence-electron chi connectivity index (χ1n) is 5.47. The van der Waals surface area contributed by atoms with Crippen molar-refractivity contribution in [3.8, 4) is 0 Å². The quantitative estimate of drug-likeness (QED) is 0.839. The Labute approximate surface area is 98.7 Å². The molecule has 0 aromatic carbocycles. The van der Waals surface area contributed by atoms with Crippen molar-refractivity contribution >= 4 is 17.3 Å². The van der Waals surface area contributed by atoms with Crippen molar-refractivity contribution in [1.82, 2.24) is 10.3 Å². The van der Waals surface area contributed by atoms with E-state index in [1.807, 2.05) is 12.3 Å². The van der Waals surface area contributed by atoms with Gasteiger partial charge in [0, 0.05) is 11.8 Å². The molecule has 16 heavy (non-hydrogen) atoms. The van der Waals surface area contributed by atoms with E-state index in [1.165, 1.54) is 0 Å². The second-order valence-corrected chi connectivity index (χ2v) is 5.43. The van der Waals surface area contributed by atoms with Gasteiger partial charge in [0.2, 0.25) is 0 Å². The third-order valence-electron chi connectivity index (χ3n) is 3.20. The monoisotopic (exact) mass is 240 g/mol. The number of hydrogen-bond donors (Lipinski definition) is 2. The minimum Gasteiger partial charge on any atom is -0.481 e. The fourth-order valence-electron chi connectivity index (χ4n) is 2.21. The molecule has 0 unspecified atom stereocenters. The Morgan fingerprint density at radius 1 is 1.62 bits per heavy atom. The third kappa shape index (κ3) is 2.25. The zero-order chi connectivity index (χ0) is 11.6. The number of aromatic nitrogens is 1. The summed E-state index contributed by atoms with van der Waals surface area (Å²) in [7, 11) is 0. The van der Waals surface area contributed by atoms with Crippen molar-refractivity contribution in [2.24, 2.45) is 5.41 Å². The Balaban J connectivity index is 2.16. The standard InChI is InChI=1S/C11H16N2O2S/c1-8-13-9(7-16-8)6-11(10(14)15)2-4-12-5-3-11/h7,12H,2-6H2,1H3,(H,14,15). The molecule has 1 aliphatic rings. The number of aryl methyl sites for hydroxylation is 1. The first-order chi connectivity index (χ1) is 7.62. The molecule has 1 aromatic rings. The molecule has 5 heteroatoms. The molecule has 1 fully saturated rings. The minimum absolute atomic E-state index is 0.564. The van der Waals surface area contributed by atoms with Gasteiger partial charge >= 0.3 is 5.97 Å². The van der Waals surface area contributed by atoms with Crippen LogP contribution in [0.4, 0.5) is 0 Å². The molecule has 2 rings (SSSR count). The summed E-state index contributed by atoms with van der Waals surface area (Å²) in [4.78, 5) is 15.8. The lowest BCUT2D eigenvalue weighted by atomic mass is 9.75. The summed E-state index contributed by atoms with van der Waals surface area (Å²) in [6.07, 6.45) is 1.95. The van der Waals surface area contributed by atoms with Crippen molar-refractivity contribution < 1.29 is 9.90 Å². The van der Waals surface area contributed by atoms with Gasteiger partial charge in [-0.15, -0.1) is 11.3 Å². The molecule has 1 aliphatic heterocycles. The van der Waals surface area contributed by atoms with Crippen molar-refractivity contribution in [3.63, 3.8) is 0 Å². The van der Waals surface area contributed by atoms with Crippen LogP contribution in [0.1, 0.15) is 23.5 Å². The van der Waals surface area contributed by atoms with Crippen LogP contribution in [0.15, 0.2) is 5.38 Å². The molecule has 0 bridgehead atoms. The van der Waals surface area contributed by atoms with E-state index in [-0.39, 0.29) is 0 Å². The molecule has 1 saturated heterocycles. The maximum Gasteiger partial charge on any atom is 0.310 e. The lowest BCUT2D eigenvalue weighted by molar-refractivity contribution is -0.150. The van der Waals surface area contributed by atoms with E-state index in [9.17, 15) is 9.90 Å². The van der Waals surface area contributed by atoms with Crippen LogP contribution < -0.4 is 5.32 Å². The summed E-state index contributed by atoms with van der Waals surface area (Å²) < 4.78 is 0. The highest BCUT2D eigenvalue weighted by Gasteiger charge is 2.40. The fourth-order valence-corrected chi connectivity index (χ4v) is 2.82. The number of nitrogens with zero attached hydrogens (tertiary/aromatic N) is 1. The largest absolute Gasteiger partial charge is 0.481 e. The number of rotatable bonds is 3. The van der Waals surface area contributed by atoms with Crippen LogP contribution in [0.3, 0.4) is 0 Å². The topological polar surface area (TPSA) is 62.2 Å². The molecule has 0 atom stereocenters. The van der Waals surface area contributed by atoms with Crippen LogP contribution in [0.2, 0.25) is 0 Å². The number of hydrogen-bond acceptors (Lipinski definition) is 4. The van der Waals surface area contributed by atoms with E-state index in [4.69, 9.17) is 0 Å². The summed E-state index contributed by atoms with van der Waals surface area (Å²) in [5.41, 5.74) is 0.318. The van der Waals surface area contributed by atoms with E-state index >= 15 is 0 Å². The smallest absolute Gasteiger partial charge is 0.310 e. The Bertz CT molecular complexity index is 383. The number of carboxylic acids is 1. The zero-order valence-electron chi connectivity index (χ0n) is 9.32. The number of nitrogens with one attached hydrogen (secondary N) is 1. The van der Waals surface area contributed by atoms with E-state index in [0.29, 0.717) is 19.3 Å². The Hall–Kier alpha value is -0.940. The van der Waals surface area contributed by atoms with Crippen LogP contribution in [0.25, 0.3) is 0 Å². The number of aliphatic carboxylic acids is 1. The second-order valence-electron chi connectivity index (χ2n) is 4.37. The summed E-state index contributed by atoms with van der Waals surface area (Å²) in [5, 5.41) is 15.6. The molecule has 88 valence electrons. The van der Waals surface area contributed by atoms with Gasteiger partial charge in [0.05, 0.1) is 16.1 Å². The zero-order valence-corrected chi connectivity index (χ0v) is 10.1. The maximum absolute atomic E-state index is 11.4. The van der Waals surface area contributed by atoms with Crippen LogP contribution in [0, 0.1) is 12.3 Å². The molecule has 1 aromatic heterocycles. The summed E-state index contributed by atoms with van der Waals surface area (Å²) >= 11 is 1.58. The van der Waals surface area contributed by atoms with E-state index in [2.05, 4.69) is 10.3 Å². The van der Waals surface area contributed by atoms with E-state index in [0.717, 1.165) is 23.8 Å². The molecule has 0 radical (unpaired) electrons. The maximum atomic E-state index is 11.4. The lowest BCUT2D eigenvalue weighted by Gasteiger charge is -2.33. The first-order valence-corrected chi connectivity index (χ1v) is 6.35. The van der Waals surface area contributed by atoms with Gasteiger partial charge in [-0.05, 0) is 32.9 Å². The van der Waals surface area contributed by atoms with Gasteiger partial charge in [-0.1, -0.05) is 0 Å². The Morgan fingerprint density at radius 3 is 2.81 bits per heavy atom. The average molecular weight is 240 g/mol. The van der Waals surface area contributed by atoms with E-state index < -0.39 is 11.4 Å². The summed E-state index contributed by atoms with van der Waals surface area (Å²) in [6.45, 7) is 3.52.